The lowest BCUT2D eigenvalue weighted by molar-refractivity contribution is -0.0629. The van der Waals surface area contributed by atoms with E-state index < -0.39 is 136 Å². The van der Waals surface area contributed by atoms with Crippen LogP contribution in [0.25, 0.3) is 33.5 Å². The van der Waals surface area contributed by atoms with Crippen molar-refractivity contribution in [2.24, 2.45) is 0 Å². The van der Waals surface area contributed by atoms with Crippen molar-refractivity contribution < 1.29 is 98.8 Å². The smallest absolute Gasteiger partial charge is 0.394 e. The Morgan fingerprint density at radius 1 is 0.579 bits per heavy atom. The highest BCUT2D eigenvalue weighted by molar-refractivity contribution is 8.44. The number of aliphatic hydroxyl groups excluding tert-OH is 2. The zero-order chi connectivity index (χ0) is 54.5. The van der Waals surface area contributed by atoms with E-state index in [1.54, 1.807) is 0 Å². The van der Waals surface area contributed by atoms with Crippen LogP contribution in [0.3, 0.4) is 0 Å². The van der Waals surface area contributed by atoms with E-state index in [-0.39, 0.29) is 50.9 Å². The molecular weight excluding hydrogens is 1140 g/mol. The van der Waals surface area contributed by atoms with E-state index in [9.17, 15) is 38.4 Å². The summed E-state index contributed by atoms with van der Waals surface area (Å²) in [5.74, 6) is -0.0653. The average Bonchev–Trinajstić information content (AvgIpc) is 4.25. The predicted octanol–water partition coefficient (Wildman–Crippen LogP) is -1.00. The zero-order valence-electron chi connectivity index (χ0n) is 39.0. The van der Waals surface area contributed by atoms with Gasteiger partial charge in [-0.15, -0.1) is 0 Å². The first-order valence-corrected chi connectivity index (χ1v) is 30.1. The Morgan fingerprint density at radius 3 is 1.43 bits per heavy atom. The number of anilines is 3. The molecule has 3 fully saturated rings. The minimum absolute atomic E-state index is 0.0187. The number of nitrogen functional groups attached to an aromatic ring is 3. The quantitative estimate of drug-likeness (QED) is 0.0272. The molecule has 0 aromatic carbocycles. The van der Waals surface area contributed by atoms with Crippen molar-refractivity contribution in [2.45, 2.75) is 73.6 Å². The van der Waals surface area contributed by atoms with Gasteiger partial charge in [-0.25, -0.2) is 58.6 Å². The molecule has 36 nitrogen and oxygen atoms in total. The van der Waals surface area contributed by atoms with Crippen LogP contribution < -0.4 is 17.2 Å². The van der Waals surface area contributed by atoms with Crippen molar-refractivity contribution >= 4 is 104 Å². The van der Waals surface area contributed by atoms with Gasteiger partial charge in [-0.05, 0) is 11.8 Å². The third-order valence-electron chi connectivity index (χ3n) is 11.7. The highest BCUT2D eigenvalue weighted by Gasteiger charge is 2.54. The summed E-state index contributed by atoms with van der Waals surface area (Å²) in [6.45, 7) is -12.6. The number of nitrogens with zero attached hydrogens (tertiary/aromatic N) is 12. The van der Waals surface area contributed by atoms with Crippen LogP contribution in [0, 0.1) is 0 Å². The monoisotopic (exact) mass is 1190 g/mol. The molecule has 42 heteroatoms. The lowest BCUT2D eigenvalue weighted by atomic mass is 10.1. The molecule has 0 bridgehead atoms. The van der Waals surface area contributed by atoms with Gasteiger partial charge in [0, 0.05) is 14.2 Å². The molecule has 416 valence electrons. The third kappa shape index (κ3) is 12.0. The Kier molecular flexibility index (Phi) is 16.9. The van der Waals surface area contributed by atoms with Crippen LogP contribution in [0.15, 0.2) is 38.0 Å². The molecule has 3 aliphatic rings. The number of aromatic nitrogens is 12. The van der Waals surface area contributed by atoms with Crippen molar-refractivity contribution in [3.63, 3.8) is 0 Å². The van der Waals surface area contributed by atoms with Crippen molar-refractivity contribution in [1.82, 2.24) is 58.6 Å². The molecule has 0 spiro atoms. The Labute approximate surface area is 436 Å². The lowest BCUT2D eigenvalue weighted by Crippen LogP contribution is -2.38. The molecule has 3 aliphatic heterocycles. The van der Waals surface area contributed by atoms with Crippen molar-refractivity contribution in [3.05, 3.63) is 38.0 Å². The van der Waals surface area contributed by atoms with Crippen LogP contribution in [0.4, 0.5) is 17.5 Å². The second-order valence-corrected chi connectivity index (χ2v) is 24.7. The number of nitrogens with two attached hydrogens (primary N) is 3. The van der Waals surface area contributed by atoms with E-state index in [0.29, 0.717) is 0 Å². The van der Waals surface area contributed by atoms with Crippen LogP contribution >= 0.6 is 41.4 Å². The van der Waals surface area contributed by atoms with Gasteiger partial charge in [-0.2, -0.15) is 0 Å². The summed E-state index contributed by atoms with van der Waals surface area (Å²) in [6.07, 6.45) is -10.7. The van der Waals surface area contributed by atoms with E-state index >= 15 is 0 Å². The number of methoxy groups -OCH3 is 2. The average molecular weight is 1190 g/mol. The van der Waals surface area contributed by atoms with E-state index in [4.69, 9.17) is 89.5 Å². The SMILES string of the molecule is COC1C(OP(=O)(O)S)[C@H](n2cnc3c(N)ncnc32)O[C@@H]1COP(O)(=S)OC1C(O)[C@@H](COP(=O)(O)OC2C(OC)[C@@H](COP(=O)(O)OCCO)O[C@H]2n2cnc3c(N)ncnc32)O[C@H]1n1cnc2c(N)ncnc21. The first-order valence-electron chi connectivity index (χ1n) is 21.8. The van der Waals surface area contributed by atoms with E-state index in [0.717, 1.165) is 19.0 Å². The number of rotatable bonds is 23. The molecule has 6 aromatic rings. The number of phosphoric acid groups is 2. The Balaban J connectivity index is 0.943. The zero-order valence-corrected chi connectivity index (χ0v) is 44.3. The largest absolute Gasteiger partial charge is 0.472 e. The van der Waals surface area contributed by atoms with Crippen molar-refractivity contribution in [2.75, 3.05) is 64.5 Å². The predicted molar refractivity (Wildman–Crippen MR) is 259 cm³/mol. The van der Waals surface area contributed by atoms with Gasteiger partial charge in [0.15, 0.2) is 53.1 Å². The number of hydrogen-bond donors (Lipinski definition) is 10. The first kappa shape index (κ1) is 56.7. The minimum atomic E-state index is -5.37. The van der Waals surface area contributed by atoms with Crippen LogP contribution in [0.5, 0.6) is 0 Å². The molecular formula is C34H47N15O21P4S2. The Hall–Kier alpha value is -3.98. The van der Waals surface area contributed by atoms with Crippen LogP contribution in [0.1, 0.15) is 18.7 Å². The van der Waals surface area contributed by atoms with Crippen molar-refractivity contribution in [1.29, 1.82) is 0 Å². The number of aliphatic hydroxyl groups is 2. The summed E-state index contributed by atoms with van der Waals surface area (Å²) in [4.78, 5) is 80.4. The fraction of sp³-hybridized carbons (Fsp3) is 0.559. The van der Waals surface area contributed by atoms with Gasteiger partial charge < -0.3 is 75.2 Å². The summed E-state index contributed by atoms with van der Waals surface area (Å²) in [7, 11) is -7.72. The normalized spacial score (nSPS) is 30.2. The topological polar surface area (TPSA) is 492 Å². The Bertz CT molecular complexity index is 3250. The molecule has 6 aromatic heterocycles. The minimum Gasteiger partial charge on any atom is -0.394 e. The summed E-state index contributed by atoms with van der Waals surface area (Å²) < 4.78 is 111. The fourth-order valence-electron chi connectivity index (χ4n) is 8.51. The third-order valence-corrected chi connectivity index (χ3v) is 16.1. The summed E-state index contributed by atoms with van der Waals surface area (Å²) in [5, 5.41) is 21.0. The molecule has 12 N–H and O–H groups in total. The lowest BCUT2D eigenvalue weighted by Gasteiger charge is -2.27. The maximum absolute atomic E-state index is 14.0. The maximum atomic E-state index is 14.0. The fourth-order valence-corrected chi connectivity index (χ4v) is 12.4. The molecule has 16 atom stereocenters. The molecule has 9 rings (SSSR count). The number of hydrogen-bond acceptors (Lipinski definition) is 30. The van der Waals surface area contributed by atoms with Crippen LogP contribution in [-0.4, -0.2) is 191 Å². The summed E-state index contributed by atoms with van der Waals surface area (Å²) >= 11 is 9.12. The van der Waals surface area contributed by atoms with Gasteiger partial charge in [0.2, 0.25) is 0 Å². The Morgan fingerprint density at radius 2 is 0.987 bits per heavy atom. The standard InChI is InChI=1S/C34H47N15O21P4S2/c1-59-21-15(6-62-71(52,53)61-4-3-50)66-33(48-12-45-18-27(36)39-9-42-30(18)48)24(21)68-72(54,55)63-5-14-20(51)23(32(65-14)47-11-44-17-26(35)38-8-41-29(17)47)70-74(58,76)64-7-16-22(60-2)25(69-73(56,57)75)34(67-16)49-13-46-19-28(37)40-10-43-31(19)49/h8-16,20-25,32-34,50-51H,3-7H2,1-2H3,(H,52,53)(H,54,55)(H,58,76)(H2,35,38,41)(H2,36,39,42)(H2,37,40,43)(H2,56,57,75)/t14-,15-,16-,20?,21?,22?,23?,24?,25?,32-,33-,34-,74?/m1/s1. The summed E-state index contributed by atoms with van der Waals surface area (Å²) in [6, 6.07) is 0. The maximum Gasteiger partial charge on any atom is 0.472 e. The van der Waals surface area contributed by atoms with Crippen molar-refractivity contribution in [3.8, 4) is 0 Å². The van der Waals surface area contributed by atoms with E-state index in [1.807, 2.05) is 0 Å². The van der Waals surface area contributed by atoms with Gasteiger partial charge in [-0.3, -0.25) is 40.8 Å². The summed E-state index contributed by atoms with van der Waals surface area (Å²) in [5.41, 5.74) is 18.6. The van der Waals surface area contributed by atoms with E-state index in [2.05, 4.69) is 57.1 Å². The second-order valence-electron chi connectivity index (χ2n) is 16.4. The molecule has 0 aliphatic carbocycles. The van der Waals surface area contributed by atoms with Crippen LogP contribution in [-0.2, 0) is 80.9 Å². The highest BCUT2D eigenvalue weighted by Crippen LogP contribution is 2.55. The van der Waals surface area contributed by atoms with Gasteiger partial charge in [0.1, 0.15) is 90.5 Å². The number of ether oxygens (including phenoxy) is 5. The molecule has 0 amide bonds. The molecule has 9 heterocycles. The molecule has 0 radical (unpaired) electrons. The highest BCUT2D eigenvalue weighted by atomic mass is 32.7. The van der Waals surface area contributed by atoms with Gasteiger partial charge in [-0.1, -0.05) is 12.2 Å². The van der Waals surface area contributed by atoms with Gasteiger partial charge in [0.25, 0.3) is 0 Å². The first-order chi connectivity index (χ1) is 36.0. The number of thiol groups is 1. The van der Waals surface area contributed by atoms with Gasteiger partial charge >= 0.3 is 29.2 Å². The molecule has 76 heavy (non-hydrogen) atoms. The van der Waals surface area contributed by atoms with Crippen LogP contribution in [0.2, 0.25) is 0 Å². The number of phosphoric ester groups is 2. The molecule has 3 saturated heterocycles. The molecule has 10 unspecified atom stereocenters. The number of fused-ring (bicyclic) bond motifs is 3. The second kappa shape index (κ2) is 22.6. The van der Waals surface area contributed by atoms with E-state index in [1.165, 1.54) is 46.9 Å². The van der Waals surface area contributed by atoms with Gasteiger partial charge in [0.05, 0.1) is 52.0 Å². The number of imidazole rings is 3. The molecule has 0 saturated carbocycles.